The van der Waals surface area contributed by atoms with Gasteiger partial charge in [0.25, 0.3) is 0 Å². The van der Waals surface area contributed by atoms with E-state index in [0.29, 0.717) is 0 Å². The molecular weight excluding hydrogens is 400 g/mol. The minimum atomic E-state index is -1.08. The van der Waals surface area contributed by atoms with Gasteiger partial charge in [-0.05, 0) is 33.6 Å². The number of ether oxygens (including phenoxy) is 1. The van der Waals surface area contributed by atoms with E-state index in [4.69, 9.17) is 4.74 Å². The first-order valence-electron chi connectivity index (χ1n) is 11.4. The summed E-state index contributed by atoms with van der Waals surface area (Å²) in [6, 6.07) is 14.7. The fourth-order valence-electron chi connectivity index (χ4n) is 4.28. The van der Waals surface area contributed by atoms with Crippen molar-refractivity contribution in [3.05, 3.63) is 64.7 Å². The molecule has 0 aromatic heterocycles. The van der Waals surface area contributed by atoms with Gasteiger partial charge in [0.2, 0.25) is 0 Å². The fraction of sp³-hybridized carbons (Fsp3) is 0.571. The average molecular weight is 443 g/mol. The molecule has 0 heterocycles. The molecule has 0 saturated heterocycles. The fourth-order valence-corrected chi connectivity index (χ4v) is 4.28. The van der Waals surface area contributed by atoms with E-state index in [0.717, 1.165) is 11.3 Å². The van der Waals surface area contributed by atoms with E-state index in [1.807, 2.05) is 12.1 Å². The Morgan fingerprint density at radius 1 is 0.656 bits per heavy atom. The zero-order valence-electron chi connectivity index (χ0n) is 21.1. The third kappa shape index (κ3) is 5.36. The van der Waals surface area contributed by atoms with Gasteiger partial charge >= 0.3 is 0 Å². The second kappa shape index (κ2) is 9.54. The first-order chi connectivity index (χ1) is 14.7. The molecule has 3 N–H and O–H groups in total. The Hall–Kier alpha value is -1.88. The van der Waals surface area contributed by atoms with E-state index in [1.54, 1.807) is 0 Å². The van der Waals surface area contributed by atoms with Crippen LogP contribution in [0.15, 0.2) is 42.5 Å². The summed E-state index contributed by atoms with van der Waals surface area (Å²) in [6.07, 6.45) is 0. The van der Waals surface area contributed by atoms with Gasteiger partial charge in [0, 0.05) is 11.0 Å². The first-order valence-corrected chi connectivity index (χ1v) is 11.4. The molecule has 32 heavy (non-hydrogen) atoms. The lowest BCUT2D eigenvalue weighted by Gasteiger charge is -2.39. The predicted molar refractivity (Wildman–Crippen MR) is 132 cm³/mol. The zero-order chi connectivity index (χ0) is 24.4. The maximum atomic E-state index is 9.74. The largest absolute Gasteiger partial charge is 0.492 e. The van der Waals surface area contributed by atoms with Gasteiger partial charge in [-0.1, -0.05) is 91.8 Å². The molecule has 2 aromatic rings. The molecule has 4 heteroatoms. The number of benzene rings is 2. The van der Waals surface area contributed by atoms with Crippen LogP contribution in [0, 0.1) is 5.41 Å². The normalized spacial score (nSPS) is 13.3. The molecule has 0 spiro atoms. The summed E-state index contributed by atoms with van der Waals surface area (Å²) >= 11 is 0. The maximum Gasteiger partial charge on any atom is 0.123 e. The molecule has 0 aliphatic rings. The van der Waals surface area contributed by atoms with Crippen LogP contribution in [0.5, 0.6) is 5.75 Å². The highest BCUT2D eigenvalue weighted by atomic mass is 16.5. The second-order valence-corrected chi connectivity index (χ2v) is 11.6. The molecule has 0 aliphatic carbocycles. The summed E-state index contributed by atoms with van der Waals surface area (Å²) in [7, 11) is 0. The summed E-state index contributed by atoms with van der Waals surface area (Å²) in [5, 5.41) is 29.2. The van der Waals surface area contributed by atoms with E-state index < -0.39 is 5.41 Å². The third-order valence-corrected chi connectivity index (χ3v) is 6.38. The third-order valence-electron chi connectivity index (χ3n) is 6.38. The number of aliphatic hydroxyl groups is 3. The monoisotopic (exact) mass is 442 g/mol. The molecule has 0 fully saturated rings. The minimum Gasteiger partial charge on any atom is -0.492 e. The summed E-state index contributed by atoms with van der Waals surface area (Å²) < 4.78 is 6.23. The van der Waals surface area contributed by atoms with E-state index >= 15 is 0 Å². The maximum absolute atomic E-state index is 9.74. The Labute approximate surface area is 194 Å². The topological polar surface area (TPSA) is 69.9 Å². The van der Waals surface area contributed by atoms with Crippen molar-refractivity contribution in [2.24, 2.45) is 5.41 Å². The molecular formula is C28H42O4. The quantitative estimate of drug-likeness (QED) is 0.541. The molecule has 0 radical (unpaired) electrons. The average Bonchev–Trinajstić information content (AvgIpc) is 2.73. The van der Waals surface area contributed by atoms with Gasteiger partial charge in [0.15, 0.2) is 0 Å². The Morgan fingerprint density at radius 2 is 1.16 bits per heavy atom. The van der Waals surface area contributed by atoms with Crippen LogP contribution in [0.2, 0.25) is 0 Å². The van der Waals surface area contributed by atoms with Crippen LogP contribution in [-0.2, 0) is 16.2 Å². The zero-order valence-corrected chi connectivity index (χ0v) is 21.1. The Bertz CT molecular complexity index is 874. The predicted octanol–water partition coefficient (Wildman–Crippen LogP) is 4.95. The molecule has 0 amide bonds. The molecule has 4 nitrogen and oxygen atoms in total. The molecule has 178 valence electrons. The van der Waals surface area contributed by atoms with E-state index in [-0.39, 0.29) is 42.7 Å². The van der Waals surface area contributed by atoms with Crippen LogP contribution in [0.4, 0.5) is 0 Å². The highest BCUT2D eigenvalue weighted by Gasteiger charge is 2.37. The van der Waals surface area contributed by atoms with Crippen molar-refractivity contribution in [2.75, 3.05) is 26.4 Å². The smallest absolute Gasteiger partial charge is 0.123 e. The molecule has 0 bridgehead atoms. The highest BCUT2D eigenvalue weighted by Crippen LogP contribution is 2.47. The Morgan fingerprint density at radius 3 is 1.59 bits per heavy atom. The van der Waals surface area contributed by atoms with Crippen molar-refractivity contribution in [1.29, 1.82) is 0 Å². The Kier molecular flexibility index (Phi) is 7.87. The first kappa shape index (κ1) is 26.4. The summed E-state index contributed by atoms with van der Waals surface area (Å²) in [5.41, 5.74) is 3.22. The van der Waals surface area contributed by atoms with Gasteiger partial charge < -0.3 is 20.1 Å². The molecule has 0 aliphatic heterocycles. The van der Waals surface area contributed by atoms with Crippen molar-refractivity contribution in [1.82, 2.24) is 0 Å². The van der Waals surface area contributed by atoms with Crippen LogP contribution in [-0.4, -0.2) is 41.7 Å². The van der Waals surface area contributed by atoms with Crippen molar-refractivity contribution < 1.29 is 20.1 Å². The van der Waals surface area contributed by atoms with Gasteiger partial charge in [-0.3, -0.25) is 0 Å². The van der Waals surface area contributed by atoms with Crippen LogP contribution < -0.4 is 4.74 Å². The lowest BCUT2D eigenvalue weighted by Crippen LogP contribution is -2.40. The minimum absolute atomic E-state index is 0.0323. The molecule has 2 rings (SSSR count). The highest BCUT2D eigenvalue weighted by molar-refractivity contribution is 5.56. The summed E-state index contributed by atoms with van der Waals surface area (Å²) in [4.78, 5) is 0. The molecule has 0 unspecified atom stereocenters. The van der Waals surface area contributed by atoms with Crippen molar-refractivity contribution >= 4 is 0 Å². The second-order valence-electron chi connectivity index (χ2n) is 11.6. The standard InChI is InChI=1S/C28H42O4/c1-25(2,3)23-21(27(7,8)20-12-10-9-11-13-20)14-15-22(24(23)26(4,5)6)32-19-28(16-29,17-30)18-31/h9-15,29-31H,16-19H2,1-8H3. The van der Waals surface area contributed by atoms with Crippen molar-refractivity contribution in [3.8, 4) is 5.75 Å². The van der Waals surface area contributed by atoms with Crippen LogP contribution >= 0.6 is 0 Å². The van der Waals surface area contributed by atoms with Gasteiger partial charge in [0.1, 0.15) is 12.4 Å². The number of hydrogen-bond acceptors (Lipinski definition) is 4. The van der Waals surface area contributed by atoms with E-state index in [2.05, 4.69) is 85.7 Å². The Balaban J connectivity index is 2.75. The number of rotatable bonds is 8. The lowest BCUT2D eigenvalue weighted by molar-refractivity contribution is -0.0262. The lowest BCUT2D eigenvalue weighted by atomic mass is 9.66. The SMILES string of the molecule is CC(C)(C)c1c(OCC(CO)(CO)CO)ccc(C(C)(C)c2ccccc2)c1C(C)(C)C. The van der Waals surface area contributed by atoms with Gasteiger partial charge in [-0.2, -0.15) is 0 Å². The number of aliphatic hydroxyl groups excluding tert-OH is 3. The van der Waals surface area contributed by atoms with E-state index in [9.17, 15) is 15.3 Å². The van der Waals surface area contributed by atoms with Gasteiger partial charge in [-0.15, -0.1) is 0 Å². The summed E-state index contributed by atoms with van der Waals surface area (Å²) in [6.45, 7) is 16.7. The van der Waals surface area contributed by atoms with Crippen LogP contribution in [0.25, 0.3) is 0 Å². The van der Waals surface area contributed by atoms with Crippen LogP contribution in [0.3, 0.4) is 0 Å². The van der Waals surface area contributed by atoms with E-state index in [1.165, 1.54) is 16.7 Å². The summed E-state index contributed by atoms with van der Waals surface area (Å²) in [5.74, 6) is 0.731. The van der Waals surface area contributed by atoms with Gasteiger partial charge in [0.05, 0.1) is 25.2 Å². The van der Waals surface area contributed by atoms with Crippen LogP contribution in [0.1, 0.15) is 77.6 Å². The van der Waals surface area contributed by atoms with Crippen molar-refractivity contribution in [3.63, 3.8) is 0 Å². The molecule has 0 atom stereocenters. The van der Waals surface area contributed by atoms with Gasteiger partial charge in [-0.25, -0.2) is 0 Å². The molecule has 0 saturated carbocycles. The molecule has 2 aromatic carbocycles. The van der Waals surface area contributed by atoms with Crippen molar-refractivity contribution in [2.45, 2.75) is 71.6 Å². The number of hydrogen-bond donors (Lipinski definition) is 3.